The Labute approximate surface area is 102 Å². The zero-order chi connectivity index (χ0) is 13.9. The predicted octanol–water partition coefficient (Wildman–Crippen LogP) is -4.81. The molecule has 1 aliphatic heterocycles. The molecule has 18 heavy (non-hydrogen) atoms. The highest BCUT2D eigenvalue weighted by Gasteiger charge is 2.44. The zero-order valence-electron chi connectivity index (χ0n) is 9.55. The molecule has 5 atom stereocenters. The smallest absolute Gasteiger partial charge is 0.374 e. The molecule has 0 aliphatic carbocycles. The second-order valence-corrected chi connectivity index (χ2v) is 3.85. The minimum Gasteiger partial charge on any atom is -0.394 e. The van der Waals surface area contributed by atoms with Crippen LogP contribution in [0.1, 0.15) is 0 Å². The monoisotopic (exact) mass is 266 g/mol. The third-order valence-electron chi connectivity index (χ3n) is 2.63. The van der Waals surface area contributed by atoms with Gasteiger partial charge < -0.3 is 30.5 Å². The Bertz CT molecular complexity index is 315. The summed E-state index contributed by atoms with van der Waals surface area (Å²) in [4.78, 5) is 21.5. The average molecular weight is 266 g/mol. The molecule has 10 nitrogen and oxygen atoms in total. The molecule has 0 bridgehead atoms. The van der Waals surface area contributed by atoms with E-state index < -0.39 is 43.3 Å². The van der Waals surface area contributed by atoms with Crippen LogP contribution in [-0.4, -0.2) is 75.8 Å². The molecule has 1 rings (SSSR count). The highest BCUT2D eigenvalue weighted by molar-refractivity contribution is 5.72. The van der Waals surface area contributed by atoms with Gasteiger partial charge in [-0.15, -0.1) is 0 Å². The molecular formula is C8H16N3O7+. The topological polar surface area (TPSA) is 154 Å². The summed E-state index contributed by atoms with van der Waals surface area (Å²) in [7, 11) is 1.12. The van der Waals surface area contributed by atoms with Gasteiger partial charge in [-0.25, -0.2) is 4.79 Å². The van der Waals surface area contributed by atoms with E-state index in [-0.39, 0.29) is 0 Å². The average Bonchev–Trinajstić information content (AvgIpc) is 2.37. The maximum absolute atomic E-state index is 11.3. The Balaban J connectivity index is 2.71. The van der Waals surface area contributed by atoms with Crippen LogP contribution >= 0.6 is 0 Å². The van der Waals surface area contributed by atoms with Gasteiger partial charge >= 0.3 is 6.03 Å². The van der Waals surface area contributed by atoms with Crippen LogP contribution in [0, 0.1) is 4.91 Å². The molecule has 1 heterocycles. The van der Waals surface area contributed by atoms with Crippen LogP contribution < -0.4 is 10.6 Å². The lowest BCUT2D eigenvalue weighted by Crippen LogP contribution is -2.80. The fourth-order valence-electron chi connectivity index (χ4n) is 1.53. The molecule has 1 aliphatic rings. The van der Waals surface area contributed by atoms with Crippen molar-refractivity contribution in [1.29, 1.82) is 0 Å². The van der Waals surface area contributed by atoms with Crippen LogP contribution in [0.3, 0.4) is 0 Å². The summed E-state index contributed by atoms with van der Waals surface area (Å²) < 4.78 is 4.81. The van der Waals surface area contributed by atoms with Crippen LogP contribution in [0.4, 0.5) is 4.79 Å². The number of hydrogen-bond acceptors (Lipinski definition) is 7. The van der Waals surface area contributed by atoms with Gasteiger partial charge in [-0.05, 0) is 0 Å². The maximum Gasteiger partial charge on any atom is 0.374 e. The van der Waals surface area contributed by atoms with Crippen LogP contribution in [0.15, 0.2) is 0 Å². The van der Waals surface area contributed by atoms with E-state index >= 15 is 0 Å². The Morgan fingerprint density at radius 3 is 2.50 bits per heavy atom. The van der Waals surface area contributed by atoms with Crippen LogP contribution in [-0.2, 0) is 4.74 Å². The first-order valence-electron chi connectivity index (χ1n) is 5.15. The van der Waals surface area contributed by atoms with Gasteiger partial charge in [0.1, 0.15) is 29.6 Å². The van der Waals surface area contributed by atoms with Gasteiger partial charge in [0.05, 0.1) is 13.7 Å². The van der Waals surface area contributed by atoms with E-state index in [1.165, 1.54) is 5.29 Å². The molecule has 0 unspecified atom stereocenters. The number of nitrogens with one attached hydrogen (secondary N) is 2. The quantitative estimate of drug-likeness (QED) is 0.280. The largest absolute Gasteiger partial charge is 0.394 e. The highest BCUT2D eigenvalue weighted by Crippen LogP contribution is 2.19. The first-order chi connectivity index (χ1) is 8.42. The van der Waals surface area contributed by atoms with Gasteiger partial charge in [0.2, 0.25) is 0 Å². The summed E-state index contributed by atoms with van der Waals surface area (Å²) in [5, 5.41) is 41.5. The lowest BCUT2D eigenvalue weighted by atomic mass is 9.97. The fraction of sp³-hybridized carbons (Fsp3) is 0.875. The number of carbonyl (C=O) groups excluding carboxylic acids is 1. The number of hydrogen-bond donors (Lipinski definition) is 6. The highest BCUT2D eigenvalue weighted by atomic mass is 16.6. The summed E-state index contributed by atoms with van der Waals surface area (Å²) in [6.07, 6.45) is -5.80. The third-order valence-corrected chi connectivity index (χ3v) is 2.63. The van der Waals surface area contributed by atoms with Gasteiger partial charge in [-0.3, -0.25) is 0 Å². The summed E-state index contributed by atoms with van der Waals surface area (Å²) in [6, 6.07) is -2.25. The Hall–Kier alpha value is -1.33. The molecule has 1 fully saturated rings. The van der Waals surface area contributed by atoms with Crippen molar-refractivity contribution in [2.45, 2.75) is 30.6 Å². The van der Waals surface area contributed by atoms with Crippen molar-refractivity contribution in [1.82, 2.24) is 10.3 Å². The summed E-state index contributed by atoms with van der Waals surface area (Å²) in [6.45, 7) is -0.599. The van der Waals surface area contributed by atoms with E-state index in [0.717, 1.165) is 7.05 Å². The first-order valence-corrected chi connectivity index (χ1v) is 5.15. The van der Waals surface area contributed by atoms with Crippen molar-refractivity contribution in [3.63, 3.8) is 0 Å². The van der Waals surface area contributed by atoms with E-state index in [1.54, 1.807) is 0 Å². The third kappa shape index (κ3) is 2.91. The van der Waals surface area contributed by atoms with Gasteiger partial charge in [-0.1, -0.05) is 5.01 Å². The van der Waals surface area contributed by atoms with E-state index in [9.17, 15) is 25.0 Å². The van der Waals surface area contributed by atoms with Gasteiger partial charge in [0.25, 0.3) is 0 Å². The standard InChI is InChI=1S/C8H15N3O7/c1-11(10-17)8(16)9-4-6(14)5(13)3(2-12)18-7(4)15/h3-7,12-15H,2H2,1H3,(H,9,16)/p+1/t3-,4-,5-,6-,7+/m1/s1. The molecule has 0 aromatic heterocycles. The maximum atomic E-state index is 11.3. The molecule has 104 valence electrons. The minimum atomic E-state index is -1.62. The number of carbonyl (C=O) groups is 1. The minimum absolute atomic E-state index is 0.532. The van der Waals surface area contributed by atoms with Gasteiger partial charge in [-0.2, -0.15) is 0 Å². The number of aliphatic hydroxyl groups excluding tert-OH is 4. The van der Waals surface area contributed by atoms with Crippen molar-refractivity contribution in [2.24, 2.45) is 0 Å². The molecule has 0 saturated carbocycles. The Kier molecular flexibility index (Phi) is 4.93. The second kappa shape index (κ2) is 6.02. The fourth-order valence-corrected chi connectivity index (χ4v) is 1.53. The van der Waals surface area contributed by atoms with Crippen molar-refractivity contribution in [3.8, 4) is 0 Å². The zero-order valence-corrected chi connectivity index (χ0v) is 9.55. The van der Waals surface area contributed by atoms with E-state index in [4.69, 9.17) is 9.84 Å². The molecule has 2 amide bonds. The SMILES string of the molecule is CN([NH+]=O)C(=O)N[C@@H]1[C@@H](O)[C@H](O)[C@@H](CO)O[C@@H]1O. The Morgan fingerprint density at radius 1 is 1.39 bits per heavy atom. The van der Waals surface area contributed by atoms with Gasteiger partial charge in [0, 0.05) is 4.91 Å². The second-order valence-electron chi connectivity index (χ2n) is 3.85. The molecule has 10 heteroatoms. The molecular weight excluding hydrogens is 250 g/mol. The number of nitroso groups, excluding NO2 is 1. The number of aliphatic hydroxyl groups is 4. The van der Waals surface area contributed by atoms with Crippen molar-refractivity contribution >= 4 is 6.03 Å². The van der Waals surface area contributed by atoms with Crippen molar-refractivity contribution in [2.75, 3.05) is 13.7 Å². The normalized spacial score (nSPS) is 35.9. The van der Waals surface area contributed by atoms with E-state index in [1.807, 2.05) is 0 Å². The lowest BCUT2D eigenvalue weighted by Gasteiger charge is -2.40. The molecule has 1 saturated heterocycles. The number of ether oxygens (including phenoxy) is 1. The van der Waals surface area contributed by atoms with Crippen molar-refractivity contribution < 1.29 is 35.2 Å². The van der Waals surface area contributed by atoms with Gasteiger partial charge in [0.15, 0.2) is 6.29 Å². The molecule has 0 aromatic carbocycles. The summed E-state index contributed by atoms with van der Waals surface area (Å²) in [5.41, 5.74) is 0. The number of hydrazine groups is 1. The molecule has 0 radical (unpaired) electrons. The van der Waals surface area contributed by atoms with Crippen molar-refractivity contribution in [3.05, 3.63) is 4.91 Å². The Morgan fingerprint density at radius 2 is 2.00 bits per heavy atom. The first kappa shape index (κ1) is 14.7. The number of amides is 2. The van der Waals surface area contributed by atoms with E-state index in [2.05, 4.69) is 5.32 Å². The number of rotatable bonds is 3. The lowest BCUT2D eigenvalue weighted by molar-refractivity contribution is -0.633. The number of nitrogens with zero attached hydrogens (tertiary/aromatic N) is 1. The summed E-state index contributed by atoms with van der Waals surface area (Å²) >= 11 is 0. The van der Waals surface area contributed by atoms with E-state index in [0.29, 0.717) is 5.01 Å². The van der Waals surface area contributed by atoms with Crippen LogP contribution in [0.2, 0.25) is 0 Å². The van der Waals surface area contributed by atoms with Crippen LogP contribution in [0.25, 0.3) is 0 Å². The number of urea groups is 1. The molecule has 0 aromatic rings. The van der Waals surface area contributed by atoms with Crippen LogP contribution in [0.5, 0.6) is 0 Å². The predicted molar refractivity (Wildman–Crippen MR) is 54.4 cm³/mol. The summed E-state index contributed by atoms with van der Waals surface area (Å²) in [5.74, 6) is 0. The molecule has 6 N–H and O–H groups in total. The molecule has 0 spiro atoms.